The molecule has 2 aromatic rings. The highest BCUT2D eigenvalue weighted by molar-refractivity contribution is 5.35. The summed E-state index contributed by atoms with van der Waals surface area (Å²) in [6, 6.07) is 4.11. The standard InChI is InChI=1S/C15H20N2O2/c1-4-14-13(6-7-19-14)15(17-5-2)11-8-12(18-3)10-16-9-11/h6-10,15,17H,4-5H2,1-3H3. The van der Waals surface area contributed by atoms with Crippen molar-refractivity contribution in [2.75, 3.05) is 13.7 Å². The summed E-state index contributed by atoms with van der Waals surface area (Å²) in [6.07, 6.45) is 6.19. The number of ether oxygens (including phenoxy) is 1. The number of hydrogen-bond acceptors (Lipinski definition) is 4. The van der Waals surface area contributed by atoms with Gasteiger partial charge in [0.05, 0.1) is 25.6 Å². The van der Waals surface area contributed by atoms with Gasteiger partial charge in [-0.2, -0.15) is 0 Å². The molecule has 1 N–H and O–H groups in total. The number of hydrogen-bond donors (Lipinski definition) is 1. The van der Waals surface area contributed by atoms with Crippen molar-refractivity contribution in [3.63, 3.8) is 0 Å². The van der Waals surface area contributed by atoms with Crippen LogP contribution in [0.1, 0.15) is 36.8 Å². The average molecular weight is 260 g/mol. The Balaban J connectivity index is 2.39. The fourth-order valence-corrected chi connectivity index (χ4v) is 2.21. The van der Waals surface area contributed by atoms with E-state index >= 15 is 0 Å². The summed E-state index contributed by atoms with van der Waals surface area (Å²) in [6.45, 7) is 5.05. The molecule has 0 saturated carbocycles. The first-order valence-corrected chi connectivity index (χ1v) is 6.58. The molecular weight excluding hydrogens is 240 g/mol. The summed E-state index contributed by atoms with van der Waals surface area (Å²) >= 11 is 0. The molecule has 2 rings (SSSR count). The van der Waals surface area contributed by atoms with Crippen LogP contribution in [0.4, 0.5) is 0 Å². The number of methoxy groups -OCH3 is 1. The molecule has 2 heterocycles. The van der Waals surface area contributed by atoms with E-state index in [0.717, 1.165) is 30.0 Å². The van der Waals surface area contributed by atoms with E-state index in [1.165, 1.54) is 5.56 Å². The van der Waals surface area contributed by atoms with Gasteiger partial charge in [0, 0.05) is 18.2 Å². The molecule has 0 aromatic carbocycles. The predicted octanol–water partition coefficient (Wildman–Crippen LogP) is 2.94. The highest BCUT2D eigenvalue weighted by Gasteiger charge is 2.19. The van der Waals surface area contributed by atoms with E-state index in [9.17, 15) is 0 Å². The van der Waals surface area contributed by atoms with E-state index in [2.05, 4.69) is 24.1 Å². The molecule has 0 aliphatic rings. The van der Waals surface area contributed by atoms with Gasteiger partial charge in [0.2, 0.25) is 0 Å². The molecule has 2 aromatic heterocycles. The fourth-order valence-electron chi connectivity index (χ4n) is 2.21. The maximum absolute atomic E-state index is 5.53. The summed E-state index contributed by atoms with van der Waals surface area (Å²) in [4.78, 5) is 4.23. The zero-order valence-corrected chi connectivity index (χ0v) is 11.6. The van der Waals surface area contributed by atoms with Crippen molar-refractivity contribution >= 4 is 0 Å². The first kappa shape index (κ1) is 13.6. The lowest BCUT2D eigenvalue weighted by Gasteiger charge is -2.18. The molecule has 0 saturated heterocycles. The van der Waals surface area contributed by atoms with E-state index in [-0.39, 0.29) is 6.04 Å². The summed E-state index contributed by atoms with van der Waals surface area (Å²) < 4.78 is 10.8. The van der Waals surface area contributed by atoms with Gasteiger partial charge in [-0.1, -0.05) is 13.8 Å². The zero-order valence-electron chi connectivity index (χ0n) is 11.6. The number of aromatic nitrogens is 1. The molecule has 4 heteroatoms. The van der Waals surface area contributed by atoms with Gasteiger partial charge >= 0.3 is 0 Å². The topological polar surface area (TPSA) is 47.3 Å². The van der Waals surface area contributed by atoms with Gasteiger partial charge in [0.1, 0.15) is 11.5 Å². The Morgan fingerprint density at radius 3 is 2.89 bits per heavy atom. The lowest BCUT2D eigenvalue weighted by Crippen LogP contribution is -2.22. The Morgan fingerprint density at radius 1 is 1.37 bits per heavy atom. The monoisotopic (exact) mass is 260 g/mol. The lowest BCUT2D eigenvalue weighted by atomic mass is 9.99. The molecule has 0 spiro atoms. The first-order valence-electron chi connectivity index (χ1n) is 6.58. The van der Waals surface area contributed by atoms with Crippen LogP contribution in [0, 0.1) is 0 Å². The van der Waals surface area contributed by atoms with Crippen molar-refractivity contribution in [2.45, 2.75) is 26.3 Å². The van der Waals surface area contributed by atoms with Gasteiger partial charge in [-0.15, -0.1) is 0 Å². The van der Waals surface area contributed by atoms with Crippen LogP contribution in [0.3, 0.4) is 0 Å². The molecule has 0 amide bonds. The molecule has 0 aliphatic heterocycles. The van der Waals surface area contributed by atoms with Crippen LogP contribution >= 0.6 is 0 Å². The fraction of sp³-hybridized carbons (Fsp3) is 0.400. The smallest absolute Gasteiger partial charge is 0.137 e. The van der Waals surface area contributed by atoms with Gasteiger partial charge in [-0.25, -0.2) is 0 Å². The first-order chi connectivity index (χ1) is 9.30. The summed E-state index contributed by atoms with van der Waals surface area (Å²) in [5, 5.41) is 3.47. The highest BCUT2D eigenvalue weighted by Crippen LogP contribution is 2.27. The second-order valence-electron chi connectivity index (χ2n) is 4.30. The van der Waals surface area contributed by atoms with Crippen molar-refractivity contribution in [1.82, 2.24) is 10.3 Å². The van der Waals surface area contributed by atoms with Crippen molar-refractivity contribution in [2.24, 2.45) is 0 Å². The molecular formula is C15H20N2O2. The Hall–Kier alpha value is -1.81. The van der Waals surface area contributed by atoms with Crippen LogP contribution in [0.25, 0.3) is 0 Å². The van der Waals surface area contributed by atoms with E-state index in [4.69, 9.17) is 9.15 Å². The average Bonchev–Trinajstić information content (AvgIpc) is 2.93. The van der Waals surface area contributed by atoms with Crippen LogP contribution in [0.15, 0.2) is 35.2 Å². The third-order valence-electron chi connectivity index (χ3n) is 3.12. The second-order valence-corrected chi connectivity index (χ2v) is 4.30. The molecule has 102 valence electrons. The molecule has 0 aliphatic carbocycles. The van der Waals surface area contributed by atoms with E-state index in [1.54, 1.807) is 19.6 Å². The minimum absolute atomic E-state index is 0.0845. The molecule has 19 heavy (non-hydrogen) atoms. The minimum atomic E-state index is 0.0845. The summed E-state index contributed by atoms with van der Waals surface area (Å²) in [5.41, 5.74) is 2.25. The van der Waals surface area contributed by atoms with Crippen LogP contribution in [0.5, 0.6) is 5.75 Å². The van der Waals surface area contributed by atoms with Crippen molar-refractivity contribution < 1.29 is 9.15 Å². The number of pyridine rings is 1. The summed E-state index contributed by atoms with van der Waals surface area (Å²) in [7, 11) is 1.65. The largest absolute Gasteiger partial charge is 0.495 e. The van der Waals surface area contributed by atoms with Crippen molar-refractivity contribution in [3.8, 4) is 5.75 Å². The van der Waals surface area contributed by atoms with Gasteiger partial charge in [0.15, 0.2) is 0 Å². The van der Waals surface area contributed by atoms with Gasteiger partial charge in [-0.05, 0) is 24.2 Å². The Labute approximate surface area is 113 Å². The zero-order chi connectivity index (χ0) is 13.7. The Kier molecular flexibility index (Phi) is 4.58. The number of rotatable bonds is 6. The van der Waals surface area contributed by atoms with Gasteiger partial charge < -0.3 is 14.5 Å². The van der Waals surface area contributed by atoms with Crippen LogP contribution in [-0.2, 0) is 6.42 Å². The molecule has 0 fully saturated rings. The molecule has 1 atom stereocenters. The van der Waals surface area contributed by atoms with Gasteiger partial charge in [-0.3, -0.25) is 4.98 Å². The Bertz CT molecular complexity index is 522. The SMILES string of the molecule is CCNC(c1cncc(OC)c1)c1ccoc1CC. The van der Waals surface area contributed by atoms with E-state index in [0.29, 0.717) is 0 Å². The second kappa shape index (κ2) is 6.38. The minimum Gasteiger partial charge on any atom is -0.495 e. The van der Waals surface area contributed by atoms with E-state index < -0.39 is 0 Å². The van der Waals surface area contributed by atoms with E-state index in [1.807, 2.05) is 18.3 Å². The molecule has 0 bridgehead atoms. The van der Waals surface area contributed by atoms with Crippen LogP contribution in [0.2, 0.25) is 0 Å². The highest BCUT2D eigenvalue weighted by atomic mass is 16.5. The predicted molar refractivity (Wildman–Crippen MR) is 74.4 cm³/mol. The van der Waals surface area contributed by atoms with Crippen LogP contribution < -0.4 is 10.1 Å². The molecule has 1 unspecified atom stereocenters. The third kappa shape index (κ3) is 2.96. The molecule has 0 radical (unpaired) electrons. The maximum Gasteiger partial charge on any atom is 0.137 e. The van der Waals surface area contributed by atoms with Crippen molar-refractivity contribution in [1.29, 1.82) is 0 Å². The number of furan rings is 1. The Morgan fingerprint density at radius 2 is 2.21 bits per heavy atom. The van der Waals surface area contributed by atoms with Crippen LogP contribution in [-0.4, -0.2) is 18.6 Å². The number of nitrogens with zero attached hydrogens (tertiary/aromatic N) is 1. The number of nitrogens with one attached hydrogen (secondary N) is 1. The number of aryl methyl sites for hydroxylation is 1. The van der Waals surface area contributed by atoms with Gasteiger partial charge in [0.25, 0.3) is 0 Å². The normalized spacial score (nSPS) is 12.4. The lowest BCUT2D eigenvalue weighted by molar-refractivity contribution is 0.411. The van der Waals surface area contributed by atoms with Crippen molar-refractivity contribution in [3.05, 3.63) is 47.7 Å². The molecule has 4 nitrogen and oxygen atoms in total. The quantitative estimate of drug-likeness (QED) is 0.867. The summed E-state index contributed by atoms with van der Waals surface area (Å²) in [5.74, 6) is 1.77. The third-order valence-corrected chi connectivity index (χ3v) is 3.12. The maximum atomic E-state index is 5.53.